The maximum atomic E-state index is 12.0. The molecule has 0 aliphatic carbocycles. The van der Waals surface area contributed by atoms with Crippen LogP contribution in [0.2, 0.25) is 0 Å². The van der Waals surface area contributed by atoms with Gasteiger partial charge in [-0.05, 0) is 24.3 Å². The number of amides is 1. The molecule has 4 nitrogen and oxygen atoms in total. The van der Waals surface area contributed by atoms with Gasteiger partial charge in [0.15, 0.2) is 0 Å². The Morgan fingerprint density at radius 1 is 1.05 bits per heavy atom. The van der Waals surface area contributed by atoms with Crippen LogP contribution in [-0.2, 0) is 4.79 Å². The number of hydrogen-bond acceptors (Lipinski definition) is 3. The molecular formula is C17H18N2O2. The van der Waals surface area contributed by atoms with Gasteiger partial charge in [-0.2, -0.15) is 0 Å². The standard InChI is InChI=1S/C17H18N2O2/c1-17(2,3)16(20)19-11-5-7-13-12-6-4-10(18)8-14(12)21-15(13)9-11/h4-9H,18H2,1-3H3,(H,19,20). The third-order valence-corrected chi connectivity index (χ3v) is 3.44. The van der Waals surface area contributed by atoms with Crippen molar-refractivity contribution in [2.75, 3.05) is 11.1 Å². The highest BCUT2D eigenvalue weighted by molar-refractivity contribution is 6.07. The normalized spacial score (nSPS) is 12.0. The average molecular weight is 282 g/mol. The molecule has 3 rings (SSSR count). The summed E-state index contributed by atoms with van der Waals surface area (Å²) in [6.45, 7) is 5.64. The number of anilines is 2. The zero-order valence-corrected chi connectivity index (χ0v) is 12.4. The van der Waals surface area contributed by atoms with E-state index in [1.54, 1.807) is 0 Å². The van der Waals surface area contributed by atoms with E-state index in [-0.39, 0.29) is 5.91 Å². The molecule has 0 spiro atoms. The topological polar surface area (TPSA) is 68.3 Å². The molecule has 0 saturated carbocycles. The third kappa shape index (κ3) is 2.44. The van der Waals surface area contributed by atoms with Crippen LogP contribution >= 0.6 is 0 Å². The summed E-state index contributed by atoms with van der Waals surface area (Å²) in [4.78, 5) is 12.0. The van der Waals surface area contributed by atoms with Crippen molar-refractivity contribution in [3.8, 4) is 0 Å². The second kappa shape index (κ2) is 4.52. The predicted octanol–water partition coefficient (Wildman–Crippen LogP) is 4.15. The number of nitrogen functional groups attached to an aromatic ring is 1. The van der Waals surface area contributed by atoms with Crippen LogP contribution in [-0.4, -0.2) is 5.91 Å². The van der Waals surface area contributed by atoms with Gasteiger partial charge in [-0.15, -0.1) is 0 Å². The minimum atomic E-state index is -0.433. The van der Waals surface area contributed by atoms with Crippen molar-refractivity contribution in [2.45, 2.75) is 20.8 Å². The molecular weight excluding hydrogens is 264 g/mol. The molecule has 21 heavy (non-hydrogen) atoms. The molecule has 4 heteroatoms. The van der Waals surface area contributed by atoms with Crippen LogP contribution in [0.15, 0.2) is 40.8 Å². The zero-order valence-electron chi connectivity index (χ0n) is 12.4. The fourth-order valence-corrected chi connectivity index (χ4v) is 2.19. The van der Waals surface area contributed by atoms with Crippen LogP contribution in [0.1, 0.15) is 20.8 Å². The van der Waals surface area contributed by atoms with Gasteiger partial charge >= 0.3 is 0 Å². The molecule has 1 heterocycles. The van der Waals surface area contributed by atoms with Crippen LogP contribution < -0.4 is 11.1 Å². The van der Waals surface area contributed by atoms with Gasteiger partial charge in [0.1, 0.15) is 11.2 Å². The summed E-state index contributed by atoms with van der Waals surface area (Å²) >= 11 is 0. The van der Waals surface area contributed by atoms with Gasteiger partial charge in [-0.3, -0.25) is 4.79 Å². The van der Waals surface area contributed by atoms with E-state index in [1.807, 2.05) is 57.2 Å². The van der Waals surface area contributed by atoms with Gasteiger partial charge in [-0.25, -0.2) is 0 Å². The van der Waals surface area contributed by atoms with E-state index in [9.17, 15) is 4.79 Å². The van der Waals surface area contributed by atoms with Gasteiger partial charge in [-0.1, -0.05) is 20.8 Å². The average Bonchev–Trinajstić information content (AvgIpc) is 2.73. The lowest BCUT2D eigenvalue weighted by Crippen LogP contribution is -2.27. The van der Waals surface area contributed by atoms with Crippen molar-refractivity contribution in [2.24, 2.45) is 5.41 Å². The summed E-state index contributed by atoms with van der Waals surface area (Å²) in [7, 11) is 0. The lowest BCUT2D eigenvalue weighted by atomic mass is 9.95. The number of rotatable bonds is 1. The number of furan rings is 1. The van der Waals surface area contributed by atoms with Crippen molar-refractivity contribution in [3.63, 3.8) is 0 Å². The van der Waals surface area contributed by atoms with E-state index in [4.69, 9.17) is 10.2 Å². The van der Waals surface area contributed by atoms with Crippen molar-refractivity contribution in [1.29, 1.82) is 0 Å². The molecule has 108 valence electrons. The lowest BCUT2D eigenvalue weighted by molar-refractivity contribution is -0.123. The number of nitrogens with one attached hydrogen (secondary N) is 1. The quantitative estimate of drug-likeness (QED) is 0.659. The molecule has 0 unspecified atom stereocenters. The van der Waals surface area contributed by atoms with Crippen molar-refractivity contribution >= 4 is 39.2 Å². The molecule has 2 aromatic carbocycles. The number of benzene rings is 2. The van der Waals surface area contributed by atoms with Crippen LogP contribution in [0, 0.1) is 5.41 Å². The van der Waals surface area contributed by atoms with E-state index in [1.165, 1.54) is 0 Å². The van der Waals surface area contributed by atoms with Crippen LogP contribution in [0.5, 0.6) is 0 Å². The van der Waals surface area contributed by atoms with Crippen LogP contribution in [0.3, 0.4) is 0 Å². The first-order valence-electron chi connectivity index (χ1n) is 6.88. The Hall–Kier alpha value is -2.49. The molecule has 1 amide bonds. The molecule has 3 N–H and O–H groups in total. The number of nitrogens with two attached hydrogens (primary N) is 1. The summed E-state index contributed by atoms with van der Waals surface area (Å²) in [5, 5.41) is 4.94. The highest BCUT2D eigenvalue weighted by Gasteiger charge is 2.21. The Bertz CT molecular complexity index is 841. The van der Waals surface area contributed by atoms with Gasteiger partial charge in [0.05, 0.1) is 0 Å². The minimum absolute atomic E-state index is 0.0257. The van der Waals surface area contributed by atoms with E-state index >= 15 is 0 Å². The first-order valence-corrected chi connectivity index (χ1v) is 6.88. The minimum Gasteiger partial charge on any atom is -0.456 e. The first kappa shape index (κ1) is 13.5. The number of fused-ring (bicyclic) bond motifs is 3. The summed E-state index contributed by atoms with van der Waals surface area (Å²) < 4.78 is 5.81. The first-order chi connectivity index (χ1) is 9.84. The number of carbonyl (C=O) groups is 1. The largest absolute Gasteiger partial charge is 0.456 e. The Balaban J connectivity index is 2.04. The molecule has 0 aliphatic rings. The lowest BCUT2D eigenvalue weighted by Gasteiger charge is -2.17. The smallest absolute Gasteiger partial charge is 0.229 e. The van der Waals surface area contributed by atoms with Crippen molar-refractivity contribution in [1.82, 2.24) is 0 Å². The highest BCUT2D eigenvalue weighted by atomic mass is 16.3. The van der Waals surface area contributed by atoms with E-state index < -0.39 is 5.41 Å². The summed E-state index contributed by atoms with van der Waals surface area (Å²) in [6.07, 6.45) is 0. The van der Waals surface area contributed by atoms with E-state index in [2.05, 4.69) is 5.32 Å². The van der Waals surface area contributed by atoms with Crippen LogP contribution in [0.4, 0.5) is 11.4 Å². The highest BCUT2D eigenvalue weighted by Crippen LogP contribution is 2.32. The maximum absolute atomic E-state index is 12.0. The van der Waals surface area contributed by atoms with Crippen molar-refractivity contribution < 1.29 is 9.21 Å². The summed E-state index contributed by atoms with van der Waals surface area (Å²) in [5.41, 5.74) is 8.23. The second-order valence-corrected chi connectivity index (χ2v) is 6.27. The molecule has 0 saturated heterocycles. The predicted molar refractivity (Wildman–Crippen MR) is 86.2 cm³/mol. The zero-order chi connectivity index (χ0) is 15.2. The Labute approximate surface area is 122 Å². The third-order valence-electron chi connectivity index (χ3n) is 3.44. The number of carbonyl (C=O) groups excluding carboxylic acids is 1. The Morgan fingerprint density at radius 2 is 1.67 bits per heavy atom. The van der Waals surface area contributed by atoms with Crippen LogP contribution in [0.25, 0.3) is 21.9 Å². The van der Waals surface area contributed by atoms with E-state index in [0.29, 0.717) is 5.69 Å². The monoisotopic (exact) mass is 282 g/mol. The molecule has 0 aliphatic heterocycles. The molecule has 0 fully saturated rings. The Kier molecular flexibility index (Phi) is 2.90. The molecule has 3 aromatic rings. The van der Waals surface area contributed by atoms with E-state index in [0.717, 1.165) is 27.6 Å². The van der Waals surface area contributed by atoms with Crippen molar-refractivity contribution in [3.05, 3.63) is 36.4 Å². The molecule has 1 aromatic heterocycles. The van der Waals surface area contributed by atoms with Gasteiger partial charge in [0.2, 0.25) is 5.91 Å². The Morgan fingerprint density at radius 3 is 2.33 bits per heavy atom. The number of hydrogen-bond donors (Lipinski definition) is 2. The summed E-state index contributed by atoms with van der Waals surface area (Å²) in [5.74, 6) is -0.0257. The molecule has 0 atom stereocenters. The fourth-order valence-electron chi connectivity index (χ4n) is 2.19. The maximum Gasteiger partial charge on any atom is 0.229 e. The SMILES string of the molecule is CC(C)(C)C(=O)Nc1ccc2c(c1)oc1cc(N)ccc12. The fraction of sp³-hybridized carbons (Fsp3) is 0.235. The summed E-state index contributed by atoms with van der Waals surface area (Å²) in [6, 6.07) is 11.3. The van der Waals surface area contributed by atoms with Gasteiger partial charge in [0.25, 0.3) is 0 Å². The van der Waals surface area contributed by atoms with Gasteiger partial charge < -0.3 is 15.5 Å². The molecule has 0 bridgehead atoms. The van der Waals surface area contributed by atoms with Gasteiger partial charge in [0, 0.05) is 39.7 Å². The second-order valence-electron chi connectivity index (χ2n) is 6.27. The molecule has 0 radical (unpaired) electrons.